The highest BCUT2D eigenvalue weighted by atomic mass is 16.5. The Hall–Kier alpha value is -2.04. The predicted molar refractivity (Wildman–Crippen MR) is 110 cm³/mol. The van der Waals surface area contributed by atoms with Crippen LogP contribution in [0.15, 0.2) is 54.6 Å². The molecule has 3 rings (SSSR count). The van der Waals surface area contributed by atoms with Crippen LogP contribution in [-0.2, 0) is 6.54 Å². The van der Waals surface area contributed by atoms with E-state index in [1.807, 2.05) is 24.3 Å². The molecule has 1 aliphatic heterocycles. The van der Waals surface area contributed by atoms with Gasteiger partial charge in [-0.1, -0.05) is 37.3 Å². The summed E-state index contributed by atoms with van der Waals surface area (Å²) in [5, 5.41) is 0. The van der Waals surface area contributed by atoms with E-state index < -0.39 is 0 Å². The summed E-state index contributed by atoms with van der Waals surface area (Å²) in [7, 11) is 0. The number of hydrogen-bond donors (Lipinski definition) is 0. The van der Waals surface area contributed by atoms with Crippen molar-refractivity contribution in [3.05, 3.63) is 60.2 Å². The fourth-order valence-electron chi connectivity index (χ4n) is 3.44. The van der Waals surface area contributed by atoms with E-state index in [0.717, 1.165) is 63.8 Å². The van der Waals surface area contributed by atoms with Crippen LogP contribution in [0.5, 0.6) is 11.5 Å². The van der Waals surface area contributed by atoms with Crippen molar-refractivity contribution >= 4 is 0 Å². The monoisotopic (exact) mass is 368 g/mol. The summed E-state index contributed by atoms with van der Waals surface area (Å²) in [5.74, 6) is 1.82. The molecule has 1 aliphatic rings. The number of hydrogen-bond acceptors (Lipinski definition) is 4. The van der Waals surface area contributed by atoms with Crippen LogP contribution < -0.4 is 9.47 Å². The van der Waals surface area contributed by atoms with E-state index in [1.54, 1.807) is 0 Å². The maximum Gasteiger partial charge on any atom is 0.120 e. The quantitative estimate of drug-likeness (QED) is 0.666. The van der Waals surface area contributed by atoms with Crippen molar-refractivity contribution in [2.75, 3.05) is 39.3 Å². The summed E-state index contributed by atoms with van der Waals surface area (Å²) in [4.78, 5) is 5.04. The third-order valence-electron chi connectivity index (χ3n) is 4.86. The second-order valence-corrected chi connectivity index (χ2v) is 7.31. The Kier molecular flexibility index (Phi) is 7.55. The van der Waals surface area contributed by atoms with E-state index in [2.05, 4.69) is 54.0 Å². The van der Waals surface area contributed by atoms with Crippen LogP contribution >= 0.6 is 0 Å². The first-order chi connectivity index (χ1) is 13.2. The zero-order chi connectivity index (χ0) is 18.9. The fraction of sp³-hybridized carbons (Fsp3) is 0.478. The van der Waals surface area contributed by atoms with Gasteiger partial charge in [-0.3, -0.25) is 9.80 Å². The van der Waals surface area contributed by atoms with Crippen LogP contribution in [-0.4, -0.2) is 55.2 Å². The lowest BCUT2D eigenvalue weighted by molar-refractivity contribution is 0.0873. The molecule has 2 aromatic carbocycles. The first-order valence-electron chi connectivity index (χ1n) is 10.1. The van der Waals surface area contributed by atoms with Crippen molar-refractivity contribution in [3.63, 3.8) is 0 Å². The van der Waals surface area contributed by atoms with E-state index in [9.17, 15) is 0 Å². The molecule has 0 saturated carbocycles. The van der Waals surface area contributed by atoms with Crippen LogP contribution in [0.25, 0.3) is 0 Å². The second-order valence-electron chi connectivity index (χ2n) is 7.31. The molecular formula is C23H32N2O2. The molecule has 0 spiro atoms. The Morgan fingerprint density at radius 3 is 2.15 bits per heavy atom. The lowest BCUT2D eigenvalue weighted by Gasteiger charge is -2.35. The Bertz CT molecular complexity index is 652. The molecule has 2 aromatic rings. The summed E-state index contributed by atoms with van der Waals surface area (Å²) in [5.41, 5.74) is 1.40. The van der Waals surface area contributed by atoms with Crippen LogP contribution in [0.3, 0.4) is 0 Å². The summed E-state index contributed by atoms with van der Waals surface area (Å²) in [6.07, 6.45) is 1.20. The van der Waals surface area contributed by atoms with Gasteiger partial charge >= 0.3 is 0 Å². The van der Waals surface area contributed by atoms with E-state index in [4.69, 9.17) is 9.47 Å². The molecule has 0 radical (unpaired) electrons. The molecule has 146 valence electrons. The summed E-state index contributed by atoms with van der Waals surface area (Å²) < 4.78 is 11.7. The van der Waals surface area contributed by atoms with Crippen molar-refractivity contribution in [2.24, 2.45) is 0 Å². The van der Waals surface area contributed by atoms with Crippen LogP contribution in [0.4, 0.5) is 0 Å². The highest BCUT2D eigenvalue weighted by Crippen LogP contribution is 2.19. The minimum Gasteiger partial charge on any atom is -0.494 e. The number of ether oxygens (including phenoxy) is 2. The molecule has 1 saturated heterocycles. The largest absolute Gasteiger partial charge is 0.494 e. The molecule has 0 bridgehead atoms. The normalized spacial score (nSPS) is 16.8. The summed E-state index contributed by atoms with van der Waals surface area (Å²) in [6.45, 7) is 11.5. The van der Waals surface area contributed by atoms with E-state index in [0.29, 0.717) is 0 Å². The molecule has 4 heteroatoms. The zero-order valence-electron chi connectivity index (χ0n) is 16.6. The van der Waals surface area contributed by atoms with Crippen molar-refractivity contribution in [1.29, 1.82) is 0 Å². The van der Waals surface area contributed by atoms with Crippen molar-refractivity contribution in [2.45, 2.75) is 32.9 Å². The predicted octanol–water partition coefficient (Wildman–Crippen LogP) is 4.06. The smallest absolute Gasteiger partial charge is 0.120 e. The number of piperazine rings is 1. The third kappa shape index (κ3) is 6.56. The van der Waals surface area contributed by atoms with E-state index in [-0.39, 0.29) is 6.10 Å². The Balaban J connectivity index is 1.38. The van der Waals surface area contributed by atoms with Gasteiger partial charge in [-0.15, -0.1) is 0 Å². The summed E-state index contributed by atoms with van der Waals surface area (Å²) >= 11 is 0. The van der Waals surface area contributed by atoms with Crippen LogP contribution in [0, 0.1) is 0 Å². The number of benzene rings is 2. The van der Waals surface area contributed by atoms with Crippen molar-refractivity contribution in [3.8, 4) is 11.5 Å². The first kappa shape index (κ1) is 19.7. The van der Waals surface area contributed by atoms with Gasteiger partial charge in [-0.05, 0) is 43.2 Å². The Morgan fingerprint density at radius 2 is 1.48 bits per heavy atom. The topological polar surface area (TPSA) is 24.9 Å². The second kappa shape index (κ2) is 10.3. The van der Waals surface area contributed by atoms with Crippen LogP contribution in [0.2, 0.25) is 0 Å². The molecule has 1 fully saturated rings. The highest BCUT2D eigenvalue weighted by Gasteiger charge is 2.19. The molecule has 0 aromatic heterocycles. The van der Waals surface area contributed by atoms with Gasteiger partial charge in [0.05, 0.1) is 6.61 Å². The molecule has 1 atom stereocenters. The van der Waals surface area contributed by atoms with Gasteiger partial charge < -0.3 is 9.47 Å². The number of rotatable bonds is 9. The van der Waals surface area contributed by atoms with Gasteiger partial charge in [-0.2, -0.15) is 0 Å². The third-order valence-corrected chi connectivity index (χ3v) is 4.86. The zero-order valence-corrected chi connectivity index (χ0v) is 16.6. The lowest BCUT2D eigenvalue weighted by Crippen LogP contribution is -2.48. The SMILES string of the molecule is CCCOc1ccc(OC(C)CN2CCN(Cc3ccccc3)CC2)cc1. The number of nitrogens with zero attached hydrogens (tertiary/aromatic N) is 2. The fourth-order valence-corrected chi connectivity index (χ4v) is 3.44. The summed E-state index contributed by atoms with van der Waals surface area (Å²) in [6, 6.07) is 18.7. The molecule has 4 nitrogen and oxygen atoms in total. The maximum atomic E-state index is 6.09. The molecule has 0 amide bonds. The minimum absolute atomic E-state index is 0.174. The lowest BCUT2D eigenvalue weighted by atomic mass is 10.2. The van der Waals surface area contributed by atoms with E-state index in [1.165, 1.54) is 5.56 Å². The maximum absolute atomic E-state index is 6.09. The van der Waals surface area contributed by atoms with Gasteiger partial charge in [-0.25, -0.2) is 0 Å². The van der Waals surface area contributed by atoms with Gasteiger partial charge in [0.15, 0.2) is 0 Å². The van der Waals surface area contributed by atoms with E-state index >= 15 is 0 Å². The van der Waals surface area contributed by atoms with Gasteiger partial charge in [0.25, 0.3) is 0 Å². The molecule has 27 heavy (non-hydrogen) atoms. The molecule has 0 N–H and O–H groups in total. The van der Waals surface area contributed by atoms with Crippen molar-refractivity contribution < 1.29 is 9.47 Å². The minimum atomic E-state index is 0.174. The van der Waals surface area contributed by atoms with Crippen molar-refractivity contribution in [1.82, 2.24) is 9.80 Å². The van der Waals surface area contributed by atoms with Crippen LogP contribution in [0.1, 0.15) is 25.8 Å². The standard InChI is InChI=1S/C23H32N2O2/c1-3-17-26-22-9-11-23(12-10-22)27-20(2)18-24-13-15-25(16-14-24)19-21-7-5-4-6-8-21/h4-12,20H,3,13-19H2,1-2H3. The highest BCUT2D eigenvalue weighted by molar-refractivity contribution is 5.31. The first-order valence-corrected chi connectivity index (χ1v) is 10.1. The molecule has 1 unspecified atom stereocenters. The van der Waals surface area contributed by atoms with Gasteiger partial charge in [0.2, 0.25) is 0 Å². The average Bonchev–Trinajstić information content (AvgIpc) is 2.70. The van der Waals surface area contributed by atoms with Gasteiger partial charge in [0, 0.05) is 39.3 Å². The van der Waals surface area contributed by atoms with Gasteiger partial charge in [0.1, 0.15) is 17.6 Å². The average molecular weight is 369 g/mol. The Labute approximate surface area is 163 Å². The molecule has 1 heterocycles. The molecular weight excluding hydrogens is 336 g/mol. The molecule has 0 aliphatic carbocycles. The Morgan fingerprint density at radius 1 is 0.852 bits per heavy atom.